The molecule has 0 aliphatic rings. The zero-order valence-electron chi connectivity index (χ0n) is 9.40. The van der Waals surface area contributed by atoms with Crippen LogP contribution in [0.2, 0.25) is 0 Å². The normalized spacial score (nSPS) is 10.8. The molecule has 0 amide bonds. The van der Waals surface area contributed by atoms with E-state index >= 15 is 0 Å². The minimum Gasteiger partial charge on any atom is -0.392 e. The van der Waals surface area contributed by atoms with Gasteiger partial charge in [0.2, 0.25) is 0 Å². The highest BCUT2D eigenvalue weighted by Gasteiger charge is 1.97. The lowest BCUT2D eigenvalue weighted by Gasteiger charge is -2.03. The van der Waals surface area contributed by atoms with Gasteiger partial charge >= 0.3 is 0 Å². The van der Waals surface area contributed by atoms with Crippen LogP contribution in [0.5, 0.6) is 0 Å². The molecule has 0 aliphatic heterocycles. The van der Waals surface area contributed by atoms with Crippen LogP contribution >= 0.6 is 0 Å². The second kappa shape index (κ2) is 6.84. The summed E-state index contributed by atoms with van der Waals surface area (Å²) < 4.78 is 0. The highest BCUT2D eigenvalue weighted by atomic mass is 16.3. The van der Waals surface area contributed by atoms with Crippen LogP contribution in [0.4, 0.5) is 0 Å². The summed E-state index contributed by atoms with van der Waals surface area (Å²) in [6.45, 7) is 1.88. The minimum absolute atomic E-state index is 0.00597. The minimum atomic E-state index is -0.153. The SMILES string of the molecule is Cc1ccc(C/C(=C\C#CCO)CO)cc1. The van der Waals surface area contributed by atoms with Crippen LogP contribution in [-0.4, -0.2) is 23.4 Å². The van der Waals surface area contributed by atoms with Crippen molar-refractivity contribution in [2.24, 2.45) is 0 Å². The summed E-state index contributed by atoms with van der Waals surface area (Å²) in [6.07, 6.45) is 2.35. The first kappa shape index (κ1) is 12.5. The summed E-state index contributed by atoms with van der Waals surface area (Å²) in [5.41, 5.74) is 3.22. The third kappa shape index (κ3) is 4.31. The molecular formula is C14H16O2. The molecule has 84 valence electrons. The molecule has 0 heterocycles. The first-order valence-electron chi connectivity index (χ1n) is 5.20. The van der Waals surface area contributed by atoms with E-state index in [1.807, 2.05) is 31.2 Å². The Morgan fingerprint density at radius 2 is 1.94 bits per heavy atom. The molecule has 1 aromatic rings. The van der Waals surface area contributed by atoms with Gasteiger partial charge in [0, 0.05) is 0 Å². The van der Waals surface area contributed by atoms with Crippen molar-refractivity contribution in [3.8, 4) is 11.8 Å². The van der Waals surface area contributed by atoms with Crippen LogP contribution < -0.4 is 0 Å². The van der Waals surface area contributed by atoms with Gasteiger partial charge in [0.05, 0.1) is 6.61 Å². The third-order valence-electron chi connectivity index (χ3n) is 2.21. The predicted molar refractivity (Wildman–Crippen MR) is 64.9 cm³/mol. The Kier molecular flexibility index (Phi) is 5.35. The van der Waals surface area contributed by atoms with Crippen LogP contribution in [0.3, 0.4) is 0 Å². The number of rotatable bonds is 3. The number of aliphatic hydroxyl groups excluding tert-OH is 2. The number of aryl methyl sites for hydroxylation is 1. The van der Waals surface area contributed by atoms with Gasteiger partial charge in [0.1, 0.15) is 6.61 Å². The predicted octanol–water partition coefficient (Wildman–Crippen LogP) is 1.45. The van der Waals surface area contributed by atoms with Gasteiger partial charge in [-0.3, -0.25) is 0 Å². The molecule has 0 radical (unpaired) electrons. The number of hydrogen-bond donors (Lipinski definition) is 2. The Morgan fingerprint density at radius 1 is 1.25 bits per heavy atom. The van der Waals surface area contributed by atoms with Crippen molar-refractivity contribution in [2.45, 2.75) is 13.3 Å². The van der Waals surface area contributed by atoms with Crippen molar-refractivity contribution in [1.29, 1.82) is 0 Å². The first-order valence-corrected chi connectivity index (χ1v) is 5.20. The Bertz CT molecular complexity index is 405. The van der Waals surface area contributed by atoms with Crippen molar-refractivity contribution in [2.75, 3.05) is 13.2 Å². The zero-order valence-corrected chi connectivity index (χ0v) is 9.40. The molecule has 0 fully saturated rings. The molecule has 16 heavy (non-hydrogen) atoms. The van der Waals surface area contributed by atoms with E-state index in [0.29, 0.717) is 6.42 Å². The average molecular weight is 216 g/mol. The van der Waals surface area contributed by atoms with E-state index in [-0.39, 0.29) is 13.2 Å². The van der Waals surface area contributed by atoms with Gasteiger partial charge in [0.25, 0.3) is 0 Å². The molecule has 1 aromatic carbocycles. The second-order valence-electron chi connectivity index (χ2n) is 3.60. The van der Waals surface area contributed by atoms with E-state index in [1.54, 1.807) is 6.08 Å². The van der Waals surface area contributed by atoms with E-state index in [9.17, 15) is 0 Å². The molecule has 0 bridgehead atoms. The Morgan fingerprint density at radius 3 is 2.50 bits per heavy atom. The van der Waals surface area contributed by atoms with Crippen LogP contribution in [0, 0.1) is 18.8 Å². The standard InChI is InChI=1S/C14H16O2/c1-12-5-7-13(8-6-12)10-14(11-16)4-2-3-9-15/h4-8,15-16H,9-11H2,1H3/b14-4+. The smallest absolute Gasteiger partial charge is 0.104 e. The van der Waals surface area contributed by atoms with Gasteiger partial charge in [-0.05, 0) is 30.6 Å². The molecule has 2 heteroatoms. The molecule has 2 nitrogen and oxygen atoms in total. The highest BCUT2D eigenvalue weighted by molar-refractivity contribution is 5.29. The summed E-state index contributed by atoms with van der Waals surface area (Å²) in [7, 11) is 0. The lowest BCUT2D eigenvalue weighted by atomic mass is 10.0. The number of aliphatic hydroxyl groups is 2. The van der Waals surface area contributed by atoms with Crippen LogP contribution in [0.1, 0.15) is 11.1 Å². The van der Waals surface area contributed by atoms with E-state index in [4.69, 9.17) is 10.2 Å². The monoisotopic (exact) mass is 216 g/mol. The molecule has 0 saturated heterocycles. The van der Waals surface area contributed by atoms with E-state index in [1.165, 1.54) is 5.56 Å². The maximum atomic E-state index is 9.14. The lowest BCUT2D eigenvalue weighted by Crippen LogP contribution is -1.95. The van der Waals surface area contributed by atoms with Crippen LogP contribution in [0.15, 0.2) is 35.9 Å². The summed E-state index contributed by atoms with van der Waals surface area (Å²) in [4.78, 5) is 0. The van der Waals surface area contributed by atoms with Crippen molar-refractivity contribution in [3.05, 3.63) is 47.0 Å². The maximum absolute atomic E-state index is 9.14. The lowest BCUT2D eigenvalue weighted by molar-refractivity contribution is 0.328. The van der Waals surface area contributed by atoms with Crippen LogP contribution in [-0.2, 0) is 6.42 Å². The topological polar surface area (TPSA) is 40.5 Å². The Hall–Kier alpha value is -1.56. The molecule has 0 atom stereocenters. The third-order valence-corrected chi connectivity index (χ3v) is 2.21. The van der Waals surface area contributed by atoms with Gasteiger partial charge in [-0.15, -0.1) is 0 Å². The van der Waals surface area contributed by atoms with Gasteiger partial charge in [0.15, 0.2) is 0 Å². The summed E-state index contributed by atoms with van der Waals surface area (Å²) >= 11 is 0. The van der Waals surface area contributed by atoms with E-state index in [2.05, 4.69) is 11.8 Å². The van der Waals surface area contributed by atoms with Crippen molar-refractivity contribution < 1.29 is 10.2 Å². The number of allylic oxidation sites excluding steroid dienone is 1. The molecule has 2 N–H and O–H groups in total. The maximum Gasteiger partial charge on any atom is 0.104 e. The fraction of sp³-hybridized carbons (Fsp3) is 0.286. The van der Waals surface area contributed by atoms with Crippen molar-refractivity contribution in [1.82, 2.24) is 0 Å². The summed E-state index contributed by atoms with van der Waals surface area (Å²) in [5.74, 6) is 5.22. The van der Waals surface area contributed by atoms with Gasteiger partial charge in [-0.25, -0.2) is 0 Å². The zero-order chi connectivity index (χ0) is 11.8. The molecule has 0 spiro atoms. The second-order valence-corrected chi connectivity index (χ2v) is 3.60. The Labute approximate surface area is 96.2 Å². The molecule has 0 aliphatic carbocycles. The quantitative estimate of drug-likeness (QED) is 0.751. The summed E-state index contributed by atoms with van der Waals surface area (Å²) in [5, 5.41) is 17.6. The molecule has 1 rings (SSSR count). The van der Waals surface area contributed by atoms with E-state index in [0.717, 1.165) is 11.1 Å². The Balaban J connectivity index is 2.70. The first-order chi connectivity index (χ1) is 7.76. The number of hydrogen-bond acceptors (Lipinski definition) is 2. The molecule has 0 aromatic heterocycles. The van der Waals surface area contributed by atoms with Crippen molar-refractivity contribution >= 4 is 0 Å². The highest BCUT2D eigenvalue weighted by Crippen LogP contribution is 2.08. The van der Waals surface area contributed by atoms with Gasteiger partial charge in [-0.1, -0.05) is 41.7 Å². The molecule has 0 saturated carbocycles. The molecule has 0 unspecified atom stereocenters. The number of benzene rings is 1. The van der Waals surface area contributed by atoms with Crippen molar-refractivity contribution in [3.63, 3.8) is 0 Å². The molecular weight excluding hydrogens is 200 g/mol. The van der Waals surface area contributed by atoms with Gasteiger partial charge in [-0.2, -0.15) is 0 Å². The summed E-state index contributed by atoms with van der Waals surface area (Å²) in [6, 6.07) is 8.17. The van der Waals surface area contributed by atoms with Gasteiger partial charge < -0.3 is 10.2 Å². The fourth-order valence-electron chi connectivity index (χ4n) is 1.32. The average Bonchev–Trinajstić information content (AvgIpc) is 2.31. The van der Waals surface area contributed by atoms with Crippen LogP contribution in [0.25, 0.3) is 0 Å². The fourth-order valence-corrected chi connectivity index (χ4v) is 1.32. The largest absolute Gasteiger partial charge is 0.392 e. The van der Waals surface area contributed by atoms with E-state index < -0.39 is 0 Å².